The number of hydrogen-bond donors (Lipinski definition) is 2. The lowest BCUT2D eigenvalue weighted by Crippen LogP contribution is -2.24. The Morgan fingerprint density at radius 1 is 1.82 bits per heavy atom. The van der Waals surface area contributed by atoms with Crippen LogP contribution in [0.15, 0.2) is 16.1 Å². The van der Waals surface area contributed by atoms with Gasteiger partial charge in [-0.25, -0.2) is 4.99 Å². The molecule has 0 unspecified atom stereocenters. The van der Waals surface area contributed by atoms with Gasteiger partial charge in [0.1, 0.15) is 0 Å². The summed E-state index contributed by atoms with van der Waals surface area (Å²) < 4.78 is 0. The molecule has 5 heteroatoms. The van der Waals surface area contributed by atoms with Crippen LogP contribution in [0.5, 0.6) is 0 Å². The maximum Gasteiger partial charge on any atom is 0.186 e. The number of rotatable bonds is 2. The van der Waals surface area contributed by atoms with Gasteiger partial charge in [0.2, 0.25) is 0 Å². The van der Waals surface area contributed by atoms with Gasteiger partial charge >= 0.3 is 0 Å². The van der Waals surface area contributed by atoms with Gasteiger partial charge in [-0.05, 0) is 5.41 Å². The molecule has 62 valence electrons. The van der Waals surface area contributed by atoms with Crippen molar-refractivity contribution in [1.29, 1.82) is 0 Å². The Balaban J connectivity index is 2.43. The fraction of sp³-hybridized carbons (Fsp3) is 0.500. The van der Waals surface area contributed by atoms with Gasteiger partial charge in [0.25, 0.3) is 0 Å². The van der Waals surface area contributed by atoms with Gasteiger partial charge in [0, 0.05) is 12.7 Å². The first-order valence-corrected chi connectivity index (χ1v) is 4.32. The van der Waals surface area contributed by atoms with Crippen molar-refractivity contribution in [3.8, 4) is 0 Å². The Hall–Kier alpha value is -0.840. The van der Waals surface area contributed by atoms with E-state index in [0.717, 1.165) is 5.88 Å². The van der Waals surface area contributed by atoms with Crippen molar-refractivity contribution < 1.29 is 0 Å². The molecule has 0 aromatic carbocycles. The van der Waals surface area contributed by atoms with E-state index in [1.807, 2.05) is 7.05 Å². The fourth-order valence-corrected chi connectivity index (χ4v) is 1.66. The number of nitrogens with zero attached hydrogens (tertiary/aromatic N) is 2. The Bertz CT molecular complexity index is 195. The van der Waals surface area contributed by atoms with Gasteiger partial charge in [-0.15, -0.1) is 11.8 Å². The van der Waals surface area contributed by atoms with Crippen LogP contribution in [-0.4, -0.2) is 30.3 Å². The molecule has 0 radical (unpaired) electrons. The number of thioether (sulfide) groups is 1. The van der Waals surface area contributed by atoms with Crippen molar-refractivity contribution in [3.63, 3.8) is 0 Å². The van der Waals surface area contributed by atoms with E-state index in [-0.39, 0.29) is 5.96 Å². The lowest BCUT2D eigenvalue weighted by atomic mass is 10.4. The third kappa shape index (κ3) is 2.34. The summed E-state index contributed by atoms with van der Waals surface area (Å²) in [6, 6.07) is 0. The molecule has 1 aliphatic heterocycles. The van der Waals surface area contributed by atoms with Crippen molar-refractivity contribution in [1.82, 2.24) is 4.90 Å². The Kier molecular flexibility index (Phi) is 2.64. The predicted octanol–water partition coefficient (Wildman–Crippen LogP) is -0.263. The molecule has 0 aromatic heterocycles. The van der Waals surface area contributed by atoms with Crippen LogP contribution in [0.3, 0.4) is 0 Å². The second kappa shape index (κ2) is 3.52. The highest BCUT2D eigenvalue weighted by molar-refractivity contribution is 8.02. The van der Waals surface area contributed by atoms with Crippen LogP contribution >= 0.6 is 11.8 Å². The van der Waals surface area contributed by atoms with E-state index in [2.05, 4.69) is 15.3 Å². The summed E-state index contributed by atoms with van der Waals surface area (Å²) in [7, 11) is 2.02. The summed E-state index contributed by atoms with van der Waals surface area (Å²) in [6.45, 7) is 0.589. The molecule has 4 N–H and O–H groups in total. The molecule has 11 heavy (non-hydrogen) atoms. The van der Waals surface area contributed by atoms with Crippen LogP contribution in [0.1, 0.15) is 0 Å². The average molecular weight is 172 g/mol. The second-order valence-electron chi connectivity index (χ2n) is 2.34. The zero-order chi connectivity index (χ0) is 8.27. The molecule has 0 aromatic rings. The summed E-state index contributed by atoms with van der Waals surface area (Å²) >= 11 is 1.75. The van der Waals surface area contributed by atoms with Crippen LogP contribution in [0, 0.1) is 0 Å². The van der Waals surface area contributed by atoms with E-state index in [9.17, 15) is 0 Å². The molecule has 0 saturated carbocycles. The van der Waals surface area contributed by atoms with E-state index in [4.69, 9.17) is 11.5 Å². The van der Waals surface area contributed by atoms with E-state index in [0.29, 0.717) is 6.54 Å². The Labute approximate surface area is 70.3 Å². The Morgan fingerprint density at radius 3 is 3.00 bits per heavy atom. The normalized spacial score (nSPS) is 16.5. The molecule has 1 aliphatic rings. The third-order valence-electron chi connectivity index (χ3n) is 1.40. The zero-order valence-corrected chi connectivity index (χ0v) is 7.27. The molecular formula is C6H12N4S. The summed E-state index contributed by atoms with van der Waals surface area (Å²) in [5, 5.41) is 2.08. The summed E-state index contributed by atoms with van der Waals surface area (Å²) in [4.78, 5) is 6.03. The molecule has 0 saturated heterocycles. The van der Waals surface area contributed by atoms with Crippen molar-refractivity contribution in [3.05, 3.63) is 11.1 Å². The van der Waals surface area contributed by atoms with Crippen molar-refractivity contribution in [2.75, 3.05) is 19.5 Å². The fourth-order valence-electron chi connectivity index (χ4n) is 0.748. The molecule has 0 amide bonds. The number of nitrogens with two attached hydrogens (primary N) is 2. The van der Waals surface area contributed by atoms with Gasteiger partial charge in [-0.2, -0.15) is 0 Å². The van der Waals surface area contributed by atoms with Crippen molar-refractivity contribution in [2.45, 2.75) is 0 Å². The highest BCUT2D eigenvalue weighted by Gasteiger charge is 2.09. The summed E-state index contributed by atoms with van der Waals surface area (Å²) in [5.74, 6) is 1.14. The molecule has 0 aliphatic carbocycles. The number of guanidine groups is 1. The van der Waals surface area contributed by atoms with Crippen LogP contribution < -0.4 is 11.5 Å². The quantitative estimate of drug-likeness (QED) is 0.445. The van der Waals surface area contributed by atoms with Gasteiger partial charge in [0.15, 0.2) is 5.96 Å². The van der Waals surface area contributed by atoms with E-state index in [1.165, 1.54) is 5.70 Å². The minimum absolute atomic E-state index is 0.149. The first-order valence-electron chi connectivity index (χ1n) is 3.27. The summed E-state index contributed by atoms with van der Waals surface area (Å²) in [6.07, 6.45) is 0. The van der Waals surface area contributed by atoms with Gasteiger partial charge in [-0.1, -0.05) is 0 Å². The van der Waals surface area contributed by atoms with Gasteiger partial charge < -0.3 is 16.4 Å². The van der Waals surface area contributed by atoms with Crippen LogP contribution in [0.25, 0.3) is 0 Å². The Morgan fingerprint density at radius 2 is 2.55 bits per heavy atom. The predicted molar refractivity (Wildman–Crippen MR) is 49.0 cm³/mol. The molecule has 4 nitrogen and oxygen atoms in total. The van der Waals surface area contributed by atoms with Crippen LogP contribution in [0.4, 0.5) is 0 Å². The second-order valence-corrected chi connectivity index (χ2v) is 3.17. The topological polar surface area (TPSA) is 67.6 Å². The first kappa shape index (κ1) is 8.26. The van der Waals surface area contributed by atoms with Gasteiger partial charge in [-0.3, -0.25) is 0 Å². The van der Waals surface area contributed by atoms with E-state index >= 15 is 0 Å². The maximum atomic E-state index is 5.19. The minimum Gasteiger partial charge on any atom is -0.370 e. The molecule has 0 spiro atoms. The molecule has 0 atom stereocenters. The van der Waals surface area contributed by atoms with Crippen LogP contribution in [-0.2, 0) is 0 Å². The smallest absolute Gasteiger partial charge is 0.186 e. The highest BCUT2D eigenvalue weighted by Crippen LogP contribution is 2.20. The lowest BCUT2D eigenvalue weighted by Gasteiger charge is -2.12. The monoisotopic (exact) mass is 172 g/mol. The number of aliphatic imine (C=N–C) groups is 1. The van der Waals surface area contributed by atoms with Crippen molar-refractivity contribution in [2.24, 2.45) is 16.5 Å². The minimum atomic E-state index is 0.149. The van der Waals surface area contributed by atoms with Gasteiger partial charge in [0.05, 0.1) is 12.4 Å². The summed E-state index contributed by atoms with van der Waals surface area (Å²) in [5.41, 5.74) is 11.6. The zero-order valence-electron chi connectivity index (χ0n) is 6.45. The van der Waals surface area contributed by atoms with E-state index < -0.39 is 0 Å². The number of likely N-dealkylation sites (N-methyl/N-ethyl adjacent to an activating group) is 1. The van der Waals surface area contributed by atoms with E-state index in [1.54, 1.807) is 11.8 Å². The van der Waals surface area contributed by atoms with Crippen LogP contribution in [0.2, 0.25) is 0 Å². The maximum absolute atomic E-state index is 5.19. The lowest BCUT2D eigenvalue weighted by molar-refractivity contribution is 0.495. The van der Waals surface area contributed by atoms with Crippen molar-refractivity contribution >= 4 is 17.7 Å². The first-order chi connectivity index (χ1) is 5.20. The molecule has 0 bridgehead atoms. The standard InChI is InChI=1S/C6H12N4S/c1-10-4-11-3-5(10)2-9-6(7)8/h3H,2,4H2,1H3,(H4,7,8,9). The average Bonchev–Trinajstić information content (AvgIpc) is 2.31. The molecule has 0 fully saturated rings. The molecular weight excluding hydrogens is 160 g/mol. The third-order valence-corrected chi connectivity index (χ3v) is 2.38. The largest absolute Gasteiger partial charge is 0.370 e. The molecule has 1 rings (SSSR count). The number of hydrogen-bond acceptors (Lipinski definition) is 3. The SMILES string of the molecule is CN1CSC=C1CN=C(N)N. The highest BCUT2D eigenvalue weighted by atomic mass is 32.2. The molecule has 1 heterocycles.